The zero-order valence-corrected chi connectivity index (χ0v) is 18.2. The molecule has 0 amide bonds. The molecule has 0 saturated carbocycles. The van der Waals surface area contributed by atoms with Crippen molar-refractivity contribution >= 4 is 11.9 Å². The van der Waals surface area contributed by atoms with Crippen LogP contribution in [0.25, 0.3) is 0 Å². The first kappa shape index (κ1) is 25.4. The molecule has 0 unspecified atom stereocenters. The number of carbonyl (C=O) groups is 2. The molecule has 4 N–H and O–H groups in total. The van der Waals surface area contributed by atoms with Crippen LogP contribution < -0.4 is 0 Å². The van der Waals surface area contributed by atoms with E-state index in [2.05, 4.69) is 9.47 Å². The average molecular weight is 444 g/mol. The fourth-order valence-corrected chi connectivity index (χ4v) is 3.65. The van der Waals surface area contributed by atoms with Gasteiger partial charge in [-0.1, -0.05) is 0 Å². The zero-order valence-electron chi connectivity index (χ0n) is 18.2. The van der Waals surface area contributed by atoms with Crippen molar-refractivity contribution in [2.45, 2.75) is 56.9 Å². The Balaban J connectivity index is 1.93. The number of methoxy groups -OCH3 is 2. The summed E-state index contributed by atoms with van der Waals surface area (Å²) in [4.78, 5) is 23.5. The first-order valence-electron chi connectivity index (χ1n) is 10.1. The summed E-state index contributed by atoms with van der Waals surface area (Å²) in [5.74, 6) is -3.42. The van der Waals surface area contributed by atoms with Crippen LogP contribution in [0.4, 0.5) is 0 Å². The third-order valence-corrected chi connectivity index (χ3v) is 5.56. The lowest BCUT2D eigenvalue weighted by atomic mass is 9.85. The van der Waals surface area contributed by atoms with E-state index in [1.165, 1.54) is 26.4 Å². The van der Waals surface area contributed by atoms with E-state index in [9.17, 15) is 30.0 Å². The van der Waals surface area contributed by atoms with Gasteiger partial charge in [0.2, 0.25) is 0 Å². The van der Waals surface area contributed by atoms with Crippen molar-refractivity contribution in [1.82, 2.24) is 0 Å². The predicted octanol–water partition coefficient (Wildman–Crippen LogP) is -0.562. The molecule has 0 aromatic heterocycles. The molecule has 0 saturated heterocycles. The standard InChI is InChI=1S/C21H32O10/c1-21(2,30-9-13-5-11(19(26)28-3)7-15(22)17(13)24)31-10-14-6-12(20(27)29-4)8-16(23)18(14)25/h7-8,13-18,22-25H,5-6,9-10H2,1-4H3/t13-,14-,15+,16+,17-,18-/m0/s1. The fourth-order valence-electron chi connectivity index (χ4n) is 3.65. The number of rotatable bonds is 8. The minimum atomic E-state index is -1.22. The number of hydrogen-bond acceptors (Lipinski definition) is 10. The fraction of sp³-hybridized carbons (Fsp3) is 0.714. The molecule has 2 rings (SSSR count). The summed E-state index contributed by atoms with van der Waals surface area (Å²) in [5, 5.41) is 40.4. The minimum Gasteiger partial charge on any atom is -0.466 e. The van der Waals surface area contributed by atoms with Crippen LogP contribution in [-0.4, -0.2) is 90.0 Å². The number of aliphatic hydroxyl groups excluding tert-OH is 4. The van der Waals surface area contributed by atoms with Gasteiger partial charge in [0.05, 0.1) is 51.8 Å². The van der Waals surface area contributed by atoms with E-state index in [0.717, 1.165) is 0 Å². The van der Waals surface area contributed by atoms with E-state index in [0.29, 0.717) is 0 Å². The maximum absolute atomic E-state index is 11.8. The van der Waals surface area contributed by atoms with Gasteiger partial charge in [0, 0.05) is 23.0 Å². The van der Waals surface area contributed by atoms with Crippen molar-refractivity contribution in [2.24, 2.45) is 11.8 Å². The lowest BCUT2D eigenvalue weighted by Crippen LogP contribution is -2.44. The normalized spacial score (nSPS) is 31.5. The minimum absolute atomic E-state index is 0.0112. The molecule has 0 aliphatic heterocycles. The Morgan fingerprint density at radius 3 is 1.52 bits per heavy atom. The van der Waals surface area contributed by atoms with Crippen LogP contribution in [0, 0.1) is 11.8 Å². The zero-order chi connectivity index (χ0) is 23.3. The molecule has 10 heteroatoms. The third kappa shape index (κ3) is 6.58. The topological polar surface area (TPSA) is 152 Å². The van der Waals surface area contributed by atoms with Crippen molar-refractivity contribution < 1.29 is 49.0 Å². The van der Waals surface area contributed by atoms with Gasteiger partial charge in [-0.25, -0.2) is 9.59 Å². The lowest BCUT2D eigenvalue weighted by molar-refractivity contribution is -0.235. The molecule has 0 aromatic carbocycles. The number of carbonyl (C=O) groups excluding carboxylic acids is 2. The second kappa shape index (κ2) is 10.7. The molecule has 0 radical (unpaired) electrons. The van der Waals surface area contributed by atoms with Crippen LogP contribution in [0.15, 0.2) is 23.3 Å². The van der Waals surface area contributed by atoms with E-state index < -0.39 is 54.0 Å². The number of esters is 2. The van der Waals surface area contributed by atoms with E-state index >= 15 is 0 Å². The summed E-state index contributed by atoms with van der Waals surface area (Å²) in [6.07, 6.45) is -1.79. The lowest BCUT2D eigenvalue weighted by Gasteiger charge is -2.36. The van der Waals surface area contributed by atoms with Crippen LogP contribution in [0.5, 0.6) is 0 Å². The van der Waals surface area contributed by atoms with E-state index in [-0.39, 0.29) is 37.2 Å². The number of ether oxygens (including phenoxy) is 4. The van der Waals surface area contributed by atoms with E-state index in [1.54, 1.807) is 13.8 Å². The van der Waals surface area contributed by atoms with Crippen molar-refractivity contribution in [3.63, 3.8) is 0 Å². The Morgan fingerprint density at radius 2 is 1.19 bits per heavy atom. The van der Waals surface area contributed by atoms with Gasteiger partial charge >= 0.3 is 11.9 Å². The second-order valence-electron chi connectivity index (χ2n) is 8.28. The van der Waals surface area contributed by atoms with Gasteiger partial charge in [-0.05, 0) is 38.8 Å². The first-order valence-corrected chi connectivity index (χ1v) is 10.1. The number of hydrogen-bond donors (Lipinski definition) is 4. The SMILES string of the molecule is COC(=O)C1=C[C@@H](O)[C@@H](O)[C@H](COC(C)(C)OC[C@@H]2CC(C(=O)OC)=C[C@@H](O)[C@H]2O)C1. The van der Waals surface area contributed by atoms with Crippen LogP contribution >= 0.6 is 0 Å². The van der Waals surface area contributed by atoms with Crippen molar-refractivity contribution in [3.8, 4) is 0 Å². The van der Waals surface area contributed by atoms with E-state index in [1.807, 2.05) is 0 Å². The Labute approximate surface area is 181 Å². The highest BCUT2D eigenvalue weighted by molar-refractivity contribution is 5.89. The molecule has 0 bridgehead atoms. The molecular weight excluding hydrogens is 412 g/mol. The molecule has 0 aromatic rings. The predicted molar refractivity (Wildman–Crippen MR) is 106 cm³/mol. The van der Waals surface area contributed by atoms with Gasteiger partial charge in [-0.2, -0.15) is 0 Å². The molecule has 6 atom stereocenters. The Bertz CT molecular complexity index is 655. The van der Waals surface area contributed by atoms with Crippen molar-refractivity contribution in [1.29, 1.82) is 0 Å². The average Bonchev–Trinajstić information content (AvgIpc) is 2.74. The van der Waals surface area contributed by atoms with Gasteiger partial charge in [0.25, 0.3) is 0 Å². The maximum Gasteiger partial charge on any atom is 0.333 e. The van der Waals surface area contributed by atoms with Crippen LogP contribution in [0.3, 0.4) is 0 Å². The van der Waals surface area contributed by atoms with E-state index in [4.69, 9.17) is 9.47 Å². The highest BCUT2D eigenvalue weighted by Crippen LogP contribution is 2.30. The van der Waals surface area contributed by atoms with Gasteiger partial charge < -0.3 is 39.4 Å². The molecule has 2 aliphatic rings. The Hall–Kier alpha value is -1.82. The highest BCUT2D eigenvalue weighted by Gasteiger charge is 2.37. The molecule has 176 valence electrons. The van der Waals surface area contributed by atoms with Crippen LogP contribution in [0.1, 0.15) is 26.7 Å². The largest absolute Gasteiger partial charge is 0.466 e. The Kier molecular flexibility index (Phi) is 8.75. The van der Waals surface area contributed by atoms with Crippen LogP contribution in [0.2, 0.25) is 0 Å². The summed E-state index contributed by atoms with van der Waals surface area (Å²) in [6, 6.07) is 0. The third-order valence-electron chi connectivity index (χ3n) is 5.56. The first-order chi connectivity index (χ1) is 14.5. The monoisotopic (exact) mass is 444 g/mol. The van der Waals surface area contributed by atoms with Crippen LogP contribution in [-0.2, 0) is 28.5 Å². The van der Waals surface area contributed by atoms with Crippen molar-refractivity contribution in [3.05, 3.63) is 23.3 Å². The summed E-state index contributed by atoms with van der Waals surface area (Å²) < 4.78 is 20.9. The quantitative estimate of drug-likeness (QED) is 0.283. The molecule has 0 heterocycles. The summed E-state index contributed by atoms with van der Waals surface area (Å²) in [7, 11) is 2.47. The summed E-state index contributed by atoms with van der Waals surface area (Å²) in [5.41, 5.74) is 0.517. The molecule has 10 nitrogen and oxygen atoms in total. The molecule has 2 aliphatic carbocycles. The second-order valence-corrected chi connectivity index (χ2v) is 8.28. The van der Waals surface area contributed by atoms with Gasteiger partial charge in [0.15, 0.2) is 5.79 Å². The number of aliphatic hydroxyl groups is 4. The maximum atomic E-state index is 11.8. The molecule has 31 heavy (non-hydrogen) atoms. The van der Waals surface area contributed by atoms with Crippen molar-refractivity contribution in [2.75, 3.05) is 27.4 Å². The van der Waals surface area contributed by atoms with Gasteiger partial charge in [-0.15, -0.1) is 0 Å². The summed E-state index contributed by atoms with van der Waals surface area (Å²) >= 11 is 0. The molecule has 0 spiro atoms. The smallest absolute Gasteiger partial charge is 0.333 e. The highest BCUT2D eigenvalue weighted by atomic mass is 16.7. The van der Waals surface area contributed by atoms with Gasteiger partial charge in [-0.3, -0.25) is 0 Å². The van der Waals surface area contributed by atoms with Gasteiger partial charge in [0.1, 0.15) is 0 Å². The molecular formula is C21H32O10. The Morgan fingerprint density at radius 1 is 0.839 bits per heavy atom. The summed E-state index contributed by atoms with van der Waals surface area (Å²) in [6.45, 7) is 3.25. The molecule has 0 fully saturated rings.